The van der Waals surface area contributed by atoms with Gasteiger partial charge in [0.1, 0.15) is 6.61 Å². The first-order chi connectivity index (χ1) is 8.18. The van der Waals surface area contributed by atoms with E-state index in [2.05, 4.69) is 10.6 Å². The van der Waals surface area contributed by atoms with E-state index in [0.717, 1.165) is 25.9 Å². The van der Waals surface area contributed by atoms with Crippen molar-refractivity contribution in [1.82, 2.24) is 10.6 Å². The molecule has 6 heteroatoms. The summed E-state index contributed by atoms with van der Waals surface area (Å²) in [6, 6.07) is 0. The van der Waals surface area contributed by atoms with Gasteiger partial charge in [0.25, 0.3) is 0 Å². The van der Waals surface area contributed by atoms with Crippen LogP contribution in [-0.2, 0) is 14.3 Å². The van der Waals surface area contributed by atoms with Crippen LogP contribution in [0.15, 0.2) is 0 Å². The van der Waals surface area contributed by atoms with Crippen LogP contribution in [0.25, 0.3) is 0 Å². The first kappa shape index (κ1) is 13.9. The van der Waals surface area contributed by atoms with Crippen molar-refractivity contribution in [2.24, 2.45) is 11.7 Å². The fraction of sp³-hybridized carbons (Fsp3) is 0.818. The monoisotopic (exact) mass is 243 g/mol. The number of carbonyl (C=O) groups excluding carboxylic acids is 2. The number of carbonyl (C=O) groups is 2. The highest BCUT2D eigenvalue weighted by molar-refractivity contribution is 5.76. The normalized spacial score (nSPS) is 19.2. The zero-order valence-electron chi connectivity index (χ0n) is 10.0. The number of amides is 2. The predicted molar refractivity (Wildman–Crippen MR) is 63.2 cm³/mol. The average Bonchev–Trinajstić information content (AvgIpc) is 2.78. The van der Waals surface area contributed by atoms with Gasteiger partial charge in [0, 0.05) is 13.0 Å². The van der Waals surface area contributed by atoms with E-state index in [1.807, 2.05) is 0 Å². The fourth-order valence-electron chi connectivity index (χ4n) is 1.82. The lowest BCUT2D eigenvalue weighted by atomic mass is 10.0. The van der Waals surface area contributed by atoms with Gasteiger partial charge in [-0.25, -0.2) is 0 Å². The number of hydrogen-bond acceptors (Lipinski definition) is 4. The van der Waals surface area contributed by atoms with Crippen LogP contribution in [0.3, 0.4) is 0 Å². The number of nitrogens with one attached hydrogen (secondary N) is 2. The van der Waals surface area contributed by atoms with Crippen LogP contribution < -0.4 is 16.4 Å². The van der Waals surface area contributed by atoms with Crippen LogP contribution in [0.4, 0.5) is 0 Å². The maximum atomic E-state index is 11.4. The molecule has 1 unspecified atom stereocenters. The van der Waals surface area contributed by atoms with Crippen molar-refractivity contribution in [2.45, 2.75) is 19.3 Å². The molecule has 6 nitrogen and oxygen atoms in total. The Kier molecular flexibility index (Phi) is 6.57. The number of nitrogens with two attached hydrogens (primary N) is 1. The van der Waals surface area contributed by atoms with Crippen molar-refractivity contribution in [3.63, 3.8) is 0 Å². The highest BCUT2D eigenvalue weighted by atomic mass is 16.5. The Morgan fingerprint density at radius 1 is 1.47 bits per heavy atom. The van der Waals surface area contributed by atoms with Crippen molar-refractivity contribution in [3.8, 4) is 0 Å². The standard InChI is InChI=1S/C11H21N3O3/c12-10(15)8-17-6-5-14-11(16)2-1-9-3-4-13-7-9/h9,13H,1-8H2,(H2,12,15)(H,14,16). The van der Waals surface area contributed by atoms with E-state index in [4.69, 9.17) is 10.5 Å². The van der Waals surface area contributed by atoms with Crippen LogP contribution in [0.1, 0.15) is 19.3 Å². The number of hydrogen-bond donors (Lipinski definition) is 3. The van der Waals surface area contributed by atoms with E-state index in [1.54, 1.807) is 0 Å². The van der Waals surface area contributed by atoms with E-state index >= 15 is 0 Å². The third kappa shape index (κ3) is 6.91. The topological polar surface area (TPSA) is 93.5 Å². The smallest absolute Gasteiger partial charge is 0.243 e. The van der Waals surface area contributed by atoms with Crippen molar-refractivity contribution < 1.29 is 14.3 Å². The van der Waals surface area contributed by atoms with Gasteiger partial charge in [-0.3, -0.25) is 9.59 Å². The summed E-state index contributed by atoms with van der Waals surface area (Å²) in [5.41, 5.74) is 4.89. The Bertz CT molecular complexity index is 252. The Balaban J connectivity index is 1.92. The van der Waals surface area contributed by atoms with Crippen molar-refractivity contribution >= 4 is 11.8 Å². The van der Waals surface area contributed by atoms with Gasteiger partial charge >= 0.3 is 0 Å². The minimum Gasteiger partial charge on any atom is -0.370 e. The van der Waals surface area contributed by atoms with Crippen LogP contribution in [-0.4, -0.2) is 44.7 Å². The van der Waals surface area contributed by atoms with Crippen LogP contribution in [0.5, 0.6) is 0 Å². The van der Waals surface area contributed by atoms with E-state index in [0.29, 0.717) is 25.5 Å². The van der Waals surface area contributed by atoms with Crippen molar-refractivity contribution in [1.29, 1.82) is 0 Å². The number of ether oxygens (including phenoxy) is 1. The summed E-state index contributed by atoms with van der Waals surface area (Å²) in [4.78, 5) is 21.8. The third-order valence-corrected chi connectivity index (χ3v) is 2.75. The molecule has 0 radical (unpaired) electrons. The molecule has 1 aliphatic rings. The maximum absolute atomic E-state index is 11.4. The lowest BCUT2D eigenvalue weighted by Gasteiger charge is -2.08. The molecular formula is C11H21N3O3. The first-order valence-electron chi connectivity index (χ1n) is 6.02. The summed E-state index contributed by atoms with van der Waals surface area (Å²) in [5, 5.41) is 6.01. The molecule has 2 amide bonds. The van der Waals surface area contributed by atoms with Gasteiger partial charge in [-0.05, 0) is 31.8 Å². The summed E-state index contributed by atoms with van der Waals surface area (Å²) in [6.07, 6.45) is 2.65. The molecule has 0 aromatic carbocycles. The maximum Gasteiger partial charge on any atom is 0.243 e. The van der Waals surface area contributed by atoms with Crippen molar-refractivity contribution in [3.05, 3.63) is 0 Å². The Morgan fingerprint density at radius 2 is 2.29 bits per heavy atom. The van der Waals surface area contributed by atoms with Gasteiger partial charge in [0.2, 0.25) is 11.8 Å². The molecule has 0 spiro atoms. The molecule has 1 heterocycles. The van der Waals surface area contributed by atoms with Crippen LogP contribution >= 0.6 is 0 Å². The van der Waals surface area contributed by atoms with Gasteiger partial charge in [-0.1, -0.05) is 0 Å². The first-order valence-corrected chi connectivity index (χ1v) is 6.02. The molecule has 0 aromatic heterocycles. The second-order valence-corrected chi connectivity index (χ2v) is 4.27. The molecule has 1 rings (SSSR count). The molecule has 98 valence electrons. The molecule has 1 saturated heterocycles. The highest BCUT2D eigenvalue weighted by Crippen LogP contribution is 2.13. The summed E-state index contributed by atoms with van der Waals surface area (Å²) in [6.45, 7) is 2.74. The lowest BCUT2D eigenvalue weighted by molar-refractivity contribution is -0.122. The molecule has 0 saturated carbocycles. The zero-order valence-corrected chi connectivity index (χ0v) is 10.0. The summed E-state index contributed by atoms with van der Waals surface area (Å²) in [7, 11) is 0. The minimum atomic E-state index is -0.495. The molecule has 1 atom stereocenters. The second-order valence-electron chi connectivity index (χ2n) is 4.27. The van der Waals surface area contributed by atoms with Gasteiger partial charge < -0.3 is 21.1 Å². The average molecular weight is 243 g/mol. The fourth-order valence-corrected chi connectivity index (χ4v) is 1.82. The molecule has 0 aliphatic carbocycles. The molecule has 1 aliphatic heterocycles. The molecule has 0 bridgehead atoms. The molecule has 17 heavy (non-hydrogen) atoms. The number of rotatable bonds is 8. The molecule has 0 aromatic rings. The van der Waals surface area contributed by atoms with E-state index in [9.17, 15) is 9.59 Å². The highest BCUT2D eigenvalue weighted by Gasteiger charge is 2.15. The third-order valence-electron chi connectivity index (χ3n) is 2.75. The molecule has 1 fully saturated rings. The van der Waals surface area contributed by atoms with E-state index in [-0.39, 0.29) is 12.5 Å². The summed E-state index contributed by atoms with van der Waals surface area (Å²) in [5.74, 6) is 0.177. The van der Waals surface area contributed by atoms with E-state index < -0.39 is 5.91 Å². The summed E-state index contributed by atoms with van der Waals surface area (Å²) >= 11 is 0. The van der Waals surface area contributed by atoms with E-state index in [1.165, 1.54) is 0 Å². The van der Waals surface area contributed by atoms with Gasteiger partial charge in [-0.15, -0.1) is 0 Å². The van der Waals surface area contributed by atoms with Gasteiger partial charge in [0.05, 0.1) is 6.61 Å². The SMILES string of the molecule is NC(=O)COCCNC(=O)CCC1CCNC1. The molecular weight excluding hydrogens is 222 g/mol. The van der Waals surface area contributed by atoms with Crippen LogP contribution in [0, 0.1) is 5.92 Å². The Hall–Kier alpha value is -1.14. The predicted octanol–water partition coefficient (Wildman–Crippen LogP) is -1.01. The van der Waals surface area contributed by atoms with Gasteiger partial charge in [0.15, 0.2) is 0 Å². The lowest BCUT2D eigenvalue weighted by Crippen LogP contribution is -2.29. The minimum absolute atomic E-state index is 0.0413. The quantitative estimate of drug-likeness (QED) is 0.476. The van der Waals surface area contributed by atoms with Gasteiger partial charge in [-0.2, -0.15) is 0 Å². The Labute approximate surface area is 101 Å². The largest absolute Gasteiger partial charge is 0.370 e. The van der Waals surface area contributed by atoms with Crippen LogP contribution in [0.2, 0.25) is 0 Å². The Morgan fingerprint density at radius 3 is 2.94 bits per heavy atom. The second kappa shape index (κ2) is 8.03. The number of primary amides is 1. The summed E-state index contributed by atoms with van der Waals surface area (Å²) < 4.78 is 4.92. The molecule has 4 N–H and O–H groups in total. The van der Waals surface area contributed by atoms with Crippen molar-refractivity contribution in [2.75, 3.05) is 32.8 Å². The zero-order chi connectivity index (χ0) is 12.5.